The predicted molar refractivity (Wildman–Crippen MR) is 82.4 cm³/mol. The lowest BCUT2D eigenvalue weighted by Gasteiger charge is -2.12. The minimum absolute atomic E-state index is 0.127. The van der Waals surface area contributed by atoms with Crippen molar-refractivity contribution in [2.45, 2.75) is 25.7 Å². The summed E-state index contributed by atoms with van der Waals surface area (Å²) in [6, 6.07) is 2.01. The minimum atomic E-state index is -3.60. The first-order valence-corrected chi connectivity index (χ1v) is 9.18. The van der Waals surface area contributed by atoms with Crippen molar-refractivity contribution in [3.63, 3.8) is 0 Å². The number of anilines is 1. The van der Waals surface area contributed by atoms with Crippen LogP contribution in [0, 0.1) is 10.1 Å². The Hall–Kier alpha value is -1.28. The van der Waals surface area contributed by atoms with E-state index in [4.69, 9.17) is 10.3 Å². The van der Waals surface area contributed by atoms with Crippen LogP contribution in [-0.2, 0) is 14.4 Å². The molecule has 0 saturated carbocycles. The van der Waals surface area contributed by atoms with E-state index in [9.17, 15) is 23.4 Å². The molecule has 0 bridgehead atoms. The van der Waals surface area contributed by atoms with Gasteiger partial charge in [-0.05, 0) is 19.1 Å². The zero-order chi connectivity index (χ0) is 16.8. The molecule has 1 atom stereocenters. The summed E-state index contributed by atoms with van der Waals surface area (Å²) in [6.07, 6.45) is 0.942. The van der Waals surface area contributed by atoms with Crippen LogP contribution in [-0.4, -0.2) is 31.1 Å². The van der Waals surface area contributed by atoms with Crippen molar-refractivity contribution in [1.82, 2.24) is 0 Å². The molecule has 0 fully saturated rings. The first-order valence-electron chi connectivity index (χ1n) is 6.08. The molecular formula is C11H19N2O6PS. The van der Waals surface area contributed by atoms with Gasteiger partial charge in [0.15, 0.2) is 9.84 Å². The third-order valence-electron chi connectivity index (χ3n) is 2.16. The Morgan fingerprint density at radius 3 is 2.33 bits per heavy atom. The van der Waals surface area contributed by atoms with Crippen LogP contribution >= 0.6 is 8.38 Å². The molecule has 1 unspecified atom stereocenters. The molecule has 1 aromatic carbocycles. The van der Waals surface area contributed by atoms with Crippen LogP contribution in [0.5, 0.6) is 0 Å². The lowest BCUT2D eigenvalue weighted by atomic mass is 10.3. The van der Waals surface area contributed by atoms with Crippen molar-refractivity contribution in [1.29, 1.82) is 0 Å². The van der Waals surface area contributed by atoms with Gasteiger partial charge in [-0.3, -0.25) is 10.1 Å². The van der Waals surface area contributed by atoms with Crippen molar-refractivity contribution in [2.24, 2.45) is 0 Å². The molecule has 10 heteroatoms. The fraction of sp³-hybridized carbons (Fsp3) is 0.455. The van der Waals surface area contributed by atoms with E-state index in [1.807, 2.05) is 13.8 Å². The second-order valence-corrected chi connectivity index (χ2v) is 6.90. The minimum Gasteiger partial charge on any atom is -0.393 e. The Balaban J connectivity index is 0.00000191. The largest absolute Gasteiger partial charge is 0.393 e. The number of benzene rings is 1. The van der Waals surface area contributed by atoms with Gasteiger partial charge in [0.1, 0.15) is 11.0 Å². The van der Waals surface area contributed by atoms with Gasteiger partial charge in [-0.15, -0.1) is 0 Å². The van der Waals surface area contributed by atoms with Gasteiger partial charge in [0.25, 0.3) is 0 Å². The summed E-state index contributed by atoms with van der Waals surface area (Å²) in [5.41, 5.74) is 4.63. The highest BCUT2D eigenvalue weighted by atomic mass is 32.2. The first kappa shape index (κ1) is 19.7. The maximum absolute atomic E-state index is 11.5. The summed E-state index contributed by atoms with van der Waals surface area (Å²) in [6.45, 7) is 5.73. The van der Waals surface area contributed by atoms with E-state index < -0.39 is 28.8 Å². The molecule has 0 aromatic heterocycles. The summed E-state index contributed by atoms with van der Waals surface area (Å²) < 4.78 is 27.8. The number of nitrogens with two attached hydrogens (primary N) is 1. The van der Waals surface area contributed by atoms with Crippen molar-refractivity contribution in [2.75, 3.05) is 18.6 Å². The van der Waals surface area contributed by atoms with Crippen molar-refractivity contribution >= 4 is 34.9 Å². The molecule has 0 aliphatic heterocycles. The van der Waals surface area contributed by atoms with E-state index in [0.717, 1.165) is 18.4 Å². The lowest BCUT2D eigenvalue weighted by Crippen LogP contribution is -2.15. The predicted octanol–water partition coefficient (Wildman–Crippen LogP) is 1.57. The average Bonchev–Trinajstić information content (AvgIpc) is 2.38. The third kappa shape index (κ3) is 5.20. The first-order chi connectivity index (χ1) is 9.68. The van der Waals surface area contributed by atoms with E-state index in [0.29, 0.717) is 0 Å². The van der Waals surface area contributed by atoms with Crippen molar-refractivity contribution in [3.8, 4) is 0 Å². The number of hydrogen-bond donors (Lipinski definition) is 2. The molecular weight excluding hydrogens is 319 g/mol. The molecule has 1 aromatic rings. The summed E-state index contributed by atoms with van der Waals surface area (Å²) in [5.74, 6) is 0. The van der Waals surface area contributed by atoms with Crippen molar-refractivity contribution < 1.29 is 22.8 Å². The third-order valence-corrected chi connectivity index (χ3v) is 4.51. The van der Waals surface area contributed by atoms with E-state index in [1.54, 1.807) is 6.92 Å². The van der Waals surface area contributed by atoms with E-state index in [-0.39, 0.29) is 22.5 Å². The van der Waals surface area contributed by atoms with E-state index in [1.165, 1.54) is 0 Å². The van der Waals surface area contributed by atoms with Gasteiger partial charge in [-0.25, -0.2) is 8.42 Å². The van der Waals surface area contributed by atoms with Crippen LogP contribution < -0.4 is 11.0 Å². The standard InChI is InChI=1S/C9H13N2O6PS.C2H6/c1-3-17-18(14)8-5-6(19(2,15)16)4-7(10)9(8)11(12)13;1-2/h4-5,14H,3,10H2,1-2H3;1-2H3. The van der Waals surface area contributed by atoms with Gasteiger partial charge < -0.3 is 15.2 Å². The smallest absolute Gasteiger partial charge is 0.304 e. The maximum Gasteiger partial charge on any atom is 0.304 e. The molecule has 0 aliphatic carbocycles. The normalized spacial score (nSPS) is 12.2. The SMILES string of the molecule is CC.CCOP(O)c1cc(S(C)(=O)=O)cc(N)c1[N+](=O)[O-]. The van der Waals surface area contributed by atoms with Gasteiger partial charge in [-0.2, -0.15) is 0 Å². The summed E-state index contributed by atoms with van der Waals surface area (Å²) in [7, 11) is -5.89. The van der Waals surface area contributed by atoms with Crippen LogP contribution in [0.1, 0.15) is 20.8 Å². The molecule has 8 nitrogen and oxygen atoms in total. The zero-order valence-corrected chi connectivity index (χ0v) is 13.9. The Morgan fingerprint density at radius 1 is 1.43 bits per heavy atom. The lowest BCUT2D eigenvalue weighted by molar-refractivity contribution is -0.382. The van der Waals surface area contributed by atoms with Gasteiger partial charge in [0, 0.05) is 6.26 Å². The van der Waals surface area contributed by atoms with Crippen molar-refractivity contribution in [3.05, 3.63) is 22.2 Å². The van der Waals surface area contributed by atoms with Crippen LogP contribution in [0.25, 0.3) is 0 Å². The maximum atomic E-state index is 11.5. The molecule has 0 amide bonds. The number of nitrogens with zero attached hydrogens (tertiary/aromatic N) is 1. The molecule has 0 spiro atoms. The highest BCUT2D eigenvalue weighted by Crippen LogP contribution is 2.38. The summed E-state index contributed by atoms with van der Waals surface area (Å²) >= 11 is 0. The number of nitro benzene ring substituents is 1. The zero-order valence-electron chi connectivity index (χ0n) is 12.2. The number of sulfone groups is 1. The average molecular weight is 338 g/mol. The van der Waals surface area contributed by atoms with Gasteiger partial charge in [0.2, 0.25) is 8.38 Å². The quantitative estimate of drug-likeness (QED) is 0.360. The number of nitrogen functional groups attached to an aromatic ring is 1. The summed E-state index contributed by atoms with van der Waals surface area (Å²) in [4.78, 5) is 19.7. The number of nitro groups is 1. The van der Waals surface area contributed by atoms with Crippen LogP contribution in [0.4, 0.5) is 11.4 Å². The Kier molecular flexibility index (Phi) is 7.73. The fourth-order valence-electron chi connectivity index (χ4n) is 1.36. The second-order valence-electron chi connectivity index (χ2n) is 3.60. The Morgan fingerprint density at radius 2 is 1.95 bits per heavy atom. The van der Waals surface area contributed by atoms with Crippen LogP contribution in [0.2, 0.25) is 0 Å². The summed E-state index contributed by atoms with van der Waals surface area (Å²) in [5, 5.41) is 10.7. The highest BCUT2D eigenvalue weighted by molar-refractivity contribution is 7.90. The molecule has 120 valence electrons. The van der Waals surface area contributed by atoms with Crippen LogP contribution in [0.3, 0.4) is 0 Å². The molecule has 0 radical (unpaired) electrons. The van der Waals surface area contributed by atoms with Gasteiger partial charge >= 0.3 is 5.69 Å². The molecule has 0 heterocycles. The van der Waals surface area contributed by atoms with Gasteiger partial charge in [0.05, 0.1) is 16.4 Å². The van der Waals surface area contributed by atoms with E-state index in [2.05, 4.69) is 0 Å². The number of hydrogen-bond acceptors (Lipinski definition) is 7. The molecule has 3 N–H and O–H groups in total. The molecule has 0 aliphatic rings. The Labute approximate surface area is 124 Å². The van der Waals surface area contributed by atoms with Gasteiger partial charge in [-0.1, -0.05) is 13.8 Å². The second kappa shape index (κ2) is 8.23. The van der Waals surface area contributed by atoms with Crippen LogP contribution in [0.15, 0.2) is 17.0 Å². The number of rotatable bonds is 5. The van der Waals surface area contributed by atoms with E-state index >= 15 is 0 Å². The highest BCUT2D eigenvalue weighted by Gasteiger charge is 2.28. The monoisotopic (exact) mass is 338 g/mol. The molecule has 21 heavy (non-hydrogen) atoms. The Bertz CT molecular complexity index is 605. The molecule has 0 saturated heterocycles. The molecule has 1 rings (SSSR count). The topological polar surface area (TPSA) is 133 Å². The fourth-order valence-corrected chi connectivity index (χ4v) is 3.15.